The summed E-state index contributed by atoms with van der Waals surface area (Å²) in [4.78, 5) is 25.0. The van der Waals surface area contributed by atoms with Gasteiger partial charge in [-0.25, -0.2) is 0 Å². The van der Waals surface area contributed by atoms with E-state index in [-0.39, 0.29) is 21.8 Å². The largest absolute Gasteiger partial charge is 0.298 e. The van der Waals surface area contributed by atoms with Gasteiger partial charge in [-0.05, 0) is 36.5 Å². The van der Waals surface area contributed by atoms with Crippen LogP contribution in [0.5, 0.6) is 0 Å². The summed E-state index contributed by atoms with van der Waals surface area (Å²) in [7, 11) is 0. The zero-order chi connectivity index (χ0) is 19.6. The summed E-state index contributed by atoms with van der Waals surface area (Å²) in [5.74, 6) is 0.252. The van der Waals surface area contributed by atoms with E-state index in [1.165, 1.54) is 11.1 Å². The highest BCUT2D eigenvalue weighted by molar-refractivity contribution is 5.91. The number of carbonyl (C=O) groups excluding carboxylic acids is 1. The summed E-state index contributed by atoms with van der Waals surface area (Å²) < 4.78 is 0. The Morgan fingerprint density at radius 1 is 1.00 bits per heavy atom. The molecule has 0 bridgehead atoms. The number of likely N-dealkylation sites (tertiary alicyclic amines) is 1. The summed E-state index contributed by atoms with van der Waals surface area (Å²) in [6.07, 6.45) is 5.26. The second-order valence-electron chi connectivity index (χ2n) is 7.96. The van der Waals surface area contributed by atoms with Crippen molar-refractivity contribution in [2.24, 2.45) is 5.41 Å². The fraction of sp³-hybridized carbons (Fsp3) is 0.348. The first-order valence-corrected chi connectivity index (χ1v) is 9.78. The van der Waals surface area contributed by atoms with Crippen LogP contribution in [0.3, 0.4) is 0 Å². The number of piperidine rings is 1. The van der Waals surface area contributed by atoms with E-state index in [4.69, 9.17) is 0 Å². The number of nitro benzene ring substituents is 1. The molecule has 1 heterocycles. The molecule has 144 valence electrons. The molecule has 1 aliphatic heterocycles. The van der Waals surface area contributed by atoms with Crippen LogP contribution in [0.1, 0.15) is 30.4 Å². The normalized spacial score (nSPS) is 22.4. The molecule has 1 saturated heterocycles. The van der Waals surface area contributed by atoms with E-state index in [0.29, 0.717) is 6.42 Å². The lowest BCUT2D eigenvalue weighted by atomic mass is 9.65. The first kappa shape index (κ1) is 18.6. The van der Waals surface area contributed by atoms with Gasteiger partial charge < -0.3 is 0 Å². The third-order valence-electron chi connectivity index (χ3n) is 6.03. The Morgan fingerprint density at radius 2 is 1.75 bits per heavy atom. The molecule has 4 rings (SSSR count). The van der Waals surface area contributed by atoms with Gasteiger partial charge in [0.15, 0.2) is 5.78 Å². The monoisotopic (exact) mass is 376 g/mol. The number of hydrogen-bond acceptors (Lipinski definition) is 4. The van der Waals surface area contributed by atoms with Crippen LogP contribution >= 0.6 is 0 Å². The van der Waals surface area contributed by atoms with Gasteiger partial charge in [-0.1, -0.05) is 48.0 Å². The van der Waals surface area contributed by atoms with E-state index in [9.17, 15) is 14.9 Å². The Kier molecular flexibility index (Phi) is 5.09. The molecule has 0 N–H and O–H groups in total. The van der Waals surface area contributed by atoms with E-state index >= 15 is 0 Å². The van der Waals surface area contributed by atoms with E-state index in [0.717, 1.165) is 44.5 Å². The van der Waals surface area contributed by atoms with Crippen molar-refractivity contribution >= 4 is 11.5 Å². The highest BCUT2D eigenvalue weighted by atomic mass is 16.6. The Hall–Kier alpha value is -2.79. The standard InChI is InChI=1S/C23H24N2O3/c26-22-10-12-23(15-18-4-2-1-3-5-18)17-24(13-11-20(23)14-22)16-19-6-8-21(9-7-19)25(27)28/h1-9,14H,10-13,15-17H2. The average Bonchev–Trinajstić information content (AvgIpc) is 2.70. The number of rotatable bonds is 5. The second kappa shape index (κ2) is 7.68. The predicted octanol–water partition coefficient (Wildman–Crippen LogP) is 4.32. The van der Waals surface area contributed by atoms with Gasteiger partial charge in [-0.15, -0.1) is 0 Å². The maximum atomic E-state index is 12.0. The maximum Gasteiger partial charge on any atom is 0.269 e. The van der Waals surface area contributed by atoms with Gasteiger partial charge in [0.1, 0.15) is 0 Å². The highest BCUT2D eigenvalue weighted by Crippen LogP contribution is 2.45. The molecule has 2 aromatic carbocycles. The number of non-ortho nitro benzene ring substituents is 1. The molecule has 5 heteroatoms. The highest BCUT2D eigenvalue weighted by Gasteiger charge is 2.41. The van der Waals surface area contributed by atoms with E-state index in [1.807, 2.05) is 24.3 Å². The number of carbonyl (C=O) groups is 1. The maximum absolute atomic E-state index is 12.0. The van der Waals surface area contributed by atoms with E-state index in [2.05, 4.69) is 29.2 Å². The minimum Gasteiger partial charge on any atom is -0.298 e. The number of benzene rings is 2. The number of allylic oxidation sites excluding steroid dienone is 1. The summed E-state index contributed by atoms with van der Waals surface area (Å²) in [6, 6.07) is 17.3. The Bertz CT molecular complexity index is 905. The first-order chi connectivity index (χ1) is 13.5. The lowest BCUT2D eigenvalue weighted by Crippen LogP contribution is -2.47. The van der Waals surface area contributed by atoms with Gasteiger partial charge >= 0.3 is 0 Å². The molecule has 2 aromatic rings. The van der Waals surface area contributed by atoms with Gasteiger partial charge in [0, 0.05) is 43.6 Å². The lowest BCUT2D eigenvalue weighted by Gasteiger charge is -2.47. The second-order valence-corrected chi connectivity index (χ2v) is 7.96. The van der Waals surface area contributed by atoms with Crippen molar-refractivity contribution < 1.29 is 9.72 Å². The molecular weight excluding hydrogens is 352 g/mol. The summed E-state index contributed by atoms with van der Waals surface area (Å²) >= 11 is 0. The molecular formula is C23H24N2O3. The third-order valence-corrected chi connectivity index (χ3v) is 6.03. The van der Waals surface area contributed by atoms with Crippen LogP contribution in [-0.4, -0.2) is 28.7 Å². The van der Waals surface area contributed by atoms with Crippen LogP contribution in [0.25, 0.3) is 0 Å². The molecule has 2 aliphatic rings. The van der Waals surface area contributed by atoms with Crippen molar-refractivity contribution in [1.82, 2.24) is 4.90 Å². The molecule has 1 aliphatic carbocycles. The molecule has 0 spiro atoms. The summed E-state index contributed by atoms with van der Waals surface area (Å²) in [5, 5.41) is 10.9. The van der Waals surface area contributed by atoms with Crippen molar-refractivity contribution in [3.8, 4) is 0 Å². The molecule has 5 nitrogen and oxygen atoms in total. The molecule has 0 saturated carbocycles. The topological polar surface area (TPSA) is 63.5 Å². The molecule has 0 amide bonds. The third kappa shape index (κ3) is 3.90. The lowest BCUT2D eigenvalue weighted by molar-refractivity contribution is -0.384. The minimum absolute atomic E-state index is 0.00822. The van der Waals surface area contributed by atoms with Crippen LogP contribution in [-0.2, 0) is 17.8 Å². The SMILES string of the molecule is O=C1C=C2CCN(Cc3ccc([N+](=O)[O-])cc3)CC2(Cc2ccccc2)CC1. The molecule has 1 atom stereocenters. The van der Waals surface area contributed by atoms with Gasteiger partial charge in [-0.3, -0.25) is 19.8 Å². The Morgan fingerprint density at radius 3 is 2.46 bits per heavy atom. The molecule has 28 heavy (non-hydrogen) atoms. The van der Waals surface area contributed by atoms with Crippen LogP contribution in [0.4, 0.5) is 5.69 Å². The fourth-order valence-electron chi connectivity index (χ4n) is 4.61. The van der Waals surface area contributed by atoms with E-state index in [1.54, 1.807) is 12.1 Å². The van der Waals surface area contributed by atoms with Crippen molar-refractivity contribution in [1.29, 1.82) is 0 Å². The number of fused-ring (bicyclic) bond motifs is 1. The number of hydrogen-bond donors (Lipinski definition) is 0. The van der Waals surface area contributed by atoms with Gasteiger partial charge in [0.25, 0.3) is 5.69 Å². The minimum atomic E-state index is -0.365. The Balaban J connectivity index is 1.55. The first-order valence-electron chi connectivity index (χ1n) is 9.78. The molecule has 0 radical (unpaired) electrons. The van der Waals surface area contributed by atoms with Crippen molar-refractivity contribution in [2.75, 3.05) is 13.1 Å². The molecule has 1 fully saturated rings. The van der Waals surface area contributed by atoms with E-state index < -0.39 is 0 Å². The average molecular weight is 376 g/mol. The summed E-state index contributed by atoms with van der Waals surface area (Å²) in [6.45, 7) is 2.60. The van der Waals surface area contributed by atoms with Crippen molar-refractivity contribution in [3.63, 3.8) is 0 Å². The Labute approximate surface area is 164 Å². The smallest absolute Gasteiger partial charge is 0.269 e. The van der Waals surface area contributed by atoms with Crippen molar-refractivity contribution in [2.45, 2.75) is 32.2 Å². The van der Waals surface area contributed by atoms with Gasteiger partial charge in [0.2, 0.25) is 0 Å². The number of nitro groups is 1. The molecule has 0 aromatic heterocycles. The van der Waals surface area contributed by atoms with Crippen LogP contribution in [0.2, 0.25) is 0 Å². The van der Waals surface area contributed by atoms with Crippen LogP contribution in [0, 0.1) is 15.5 Å². The van der Waals surface area contributed by atoms with Crippen LogP contribution < -0.4 is 0 Å². The number of ketones is 1. The number of nitrogens with zero attached hydrogens (tertiary/aromatic N) is 2. The summed E-state index contributed by atoms with van der Waals surface area (Å²) in [5.41, 5.74) is 3.82. The molecule has 1 unspecified atom stereocenters. The quantitative estimate of drug-likeness (QED) is 0.576. The predicted molar refractivity (Wildman–Crippen MR) is 108 cm³/mol. The van der Waals surface area contributed by atoms with Gasteiger partial charge in [-0.2, -0.15) is 0 Å². The van der Waals surface area contributed by atoms with Crippen LogP contribution in [0.15, 0.2) is 66.2 Å². The van der Waals surface area contributed by atoms with Crippen molar-refractivity contribution in [3.05, 3.63) is 87.5 Å². The zero-order valence-electron chi connectivity index (χ0n) is 15.8. The zero-order valence-corrected chi connectivity index (χ0v) is 15.8. The fourth-order valence-corrected chi connectivity index (χ4v) is 4.61. The van der Waals surface area contributed by atoms with Gasteiger partial charge in [0.05, 0.1) is 4.92 Å².